The summed E-state index contributed by atoms with van der Waals surface area (Å²) in [5.74, 6) is 0.418. The number of aryl methyl sites for hydroxylation is 1. The number of hydrogen-bond donors (Lipinski definition) is 4. The first kappa shape index (κ1) is 37.0. The SMILES string of the molecule is C[C@@H](COc1ccnc2c1[C@H](C)CCC2)C[C@H]1Cc2ccc(OCCC(CCN)C(=O)O)cc2C12CCC(Nc1cccc(Cl)c1)(C(=O)O)CC2. The number of aliphatic carboxylic acids is 2. The number of ether oxygens (including phenoxy) is 2. The fourth-order valence-electron chi connectivity index (χ4n) is 9.08. The smallest absolute Gasteiger partial charge is 0.329 e. The highest BCUT2D eigenvalue weighted by Gasteiger charge is 2.54. The minimum absolute atomic E-state index is 0.231. The number of nitrogens with zero attached hydrogens (tertiary/aromatic N) is 1. The number of fused-ring (bicyclic) bond motifs is 3. The number of nitrogens with two attached hydrogens (primary N) is 1. The highest BCUT2D eigenvalue weighted by Crippen LogP contribution is 2.57. The lowest BCUT2D eigenvalue weighted by molar-refractivity contribution is -0.144. The Labute approximate surface area is 306 Å². The van der Waals surface area contributed by atoms with E-state index < -0.39 is 23.4 Å². The number of halogens is 1. The zero-order valence-corrected chi connectivity index (χ0v) is 30.6. The van der Waals surface area contributed by atoms with Crippen molar-refractivity contribution in [2.45, 2.75) is 101 Å². The molecule has 5 N–H and O–H groups in total. The largest absolute Gasteiger partial charge is 0.494 e. The molecule has 3 aliphatic carbocycles. The van der Waals surface area contributed by atoms with Crippen LogP contribution < -0.4 is 20.5 Å². The summed E-state index contributed by atoms with van der Waals surface area (Å²) in [5.41, 5.74) is 9.93. The average Bonchev–Trinajstić information content (AvgIpc) is 3.39. The van der Waals surface area contributed by atoms with Crippen molar-refractivity contribution in [1.82, 2.24) is 4.98 Å². The van der Waals surface area contributed by atoms with Crippen LogP contribution in [-0.2, 0) is 27.8 Å². The second-order valence-corrected chi connectivity index (χ2v) is 15.7. The number of pyridine rings is 1. The fourth-order valence-corrected chi connectivity index (χ4v) is 9.27. The molecule has 274 valence electrons. The first-order valence-electron chi connectivity index (χ1n) is 18.6. The summed E-state index contributed by atoms with van der Waals surface area (Å²) in [4.78, 5) is 29.3. The molecule has 0 aliphatic heterocycles. The van der Waals surface area contributed by atoms with Gasteiger partial charge >= 0.3 is 11.9 Å². The molecule has 3 aromatic rings. The van der Waals surface area contributed by atoms with Crippen LogP contribution >= 0.6 is 11.6 Å². The Balaban J connectivity index is 1.22. The quantitative estimate of drug-likeness (QED) is 0.123. The third-order valence-corrected chi connectivity index (χ3v) is 12.1. The van der Waals surface area contributed by atoms with Gasteiger partial charge in [0, 0.05) is 28.2 Å². The number of carbonyl (C=O) groups is 2. The van der Waals surface area contributed by atoms with E-state index in [2.05, 4.69) is 36.3 Å². The Morgan fingerprint density at radius 3 is 2.61 bits per heavy atom. The molecule has 4 atom stereocenters. The molecule has 3 aliphatic rings. The normalized spacial score (nSPS) is 25.0. The van der Waals surface area contributed by atoms with Crippen molar-refractivity contribution in [2.75, 3.05) is 25.1 Å². The van der Waals surface area contributed by atoms with Gasteiger partial charge in [-0.25, -0.2) is 4.79 Å². The molecule has 0 radical (unpaired) electrons. The second-order valence-electron chi connectivity index (χ2n) is 15.3. The topological polar surface area (TPSA) is 144 Å². The van der Waals surface area contributed by atoms with Gasteiger partial charge in [0.15, 0.2) is 0 Å². The summed E-state index contributed by atoms with van der Waals surface area (Å²) in [5, 5.41) is 24.1. The Morgan fingerprint density at radius 1 is 1.08 bits per heavy atom. The molecule has 1 fully saturated rings. The van der Waals surface area contributed by atoms with E-state index in [-0.39, 0.29) is 17.9 Å². The van der Waals surface area contributed by atoms with Gasteiger partial charge in [-0.2, -0.15) is 0 Å². The number of rotatable bonds is 15. The third kappa shape index (κ3) is 8.00. The maximum absolute atomic E-state index is 13.0. The highest BCUT2D eigenvalue weighted by molar-refractivity contribution is 6.30. The summed E-state index contributed by atoms with van der Waals surface area (Å²) in [7, 11) is 0. The van der Waals surface area contributed by atoms with Gasteiger partial charge in [-0.15, -0.1) is 0 Å². The minimum Gasteiger partial charge on any atom is -0.494 e. The van der Waals surface area contributed by atoms with Gasteiger partial charge in [0.25, 0.3) is 0 Å². The maximum atomic E-state index is 13.0. The van der Waals surface area contributed by atoms with Crippen molar-refractivity contribution in [3.63, 3.8) is 0 Å². The van der Waals surface area contributed by atoms with E-state index in [1.54, 1.807) is 12.1 Å². The Kier molecular flexibility index (Phi) is 11.5. The molecule has 1 aromatic heterocycles. The molecular formula is C41H52ClN3O6. The third-order valence-electron chi connectivity index (χ3n) is 11.9. The van der Waals surface area contributed by atoms with Crippen LogP contribution in [0.1, 0.15) is 99.9 Å². The van der Waals surface area contributed by atoms with Gasteiger partial charge in [0.1, 0.15) is 17.0 Å². The van der Waals surface area contributed by atoms with Crippen molar-refractivity contribution in [2.24, 2.45) is 23.5 Å². The molecular weight excluding hydrogens is 666 g/mol. The van der Waals surface area contributed by atoms with Crippen LogP contribution in [0.5, 0.6) is 11.5 Å². The van der Waals surface area contributed by atoms with Gasteiger partial charge in [-0.1, -0.05) is 37.6 Å². The second kappa shape index (κ2) is 15.8. The maximum Gasteiger partial charge on any atom is 0.329 e. The molecule has 9 nitrogen and oxygen atoms in total. The van der Waals surface area contributed by atoms with E-state index in [0.717, 1.165) is 43.5 Å². The Bertz CT molecular complexity index is 1710. The van der Waals surface area contributed by atoms with Gasteiger partial charge in [0.05, 0.1) is 19.1 Å². The number of carboxylic acids is 2. The molecule has 1 heterocycles. The predicted octanol–water partition coefficient (Wildman–Crippen LogP) is 8.02. The molecule has 2 aromatic carbocycles. The predicted molar refractivity (Wildman–Crippen MR) is 199 cm³/mol. The first-order chi connectivity index (χ1) is 24.5. The zero-order valence-electron chi connectivity index (χ0n) is 29.8. The molecule has 51 heavy (non-hydrogen) atoms. The first-order valence-corrected chi connectivity index (χ1v) is 19.0. The molecule has 10 heteroatoms. The summed E-state index contributed by atoms with van der Waals surface area (Å²) in [6.45, 7) is 5.72. The van der Waals surface area contributed by atoms with Crippen LogP contribution in [0.25, 0.3) is 0 Å². The van der Waals surface area contributed by atoms with Crippen LogP contribution in [0, 0.1) is 17.8 Å². The number of benzene rings is 2. The Hall–Kier alpha value is -3.82. The van der Waals surface area contributed by atoms with Crippen LogP contribution in [0.4, 0.5) is 5.69 Å². The van der Waals surface area contributed by atoms with Crippen molar-refractivity contribution in [3.05, 3.63) is 82.1 Å². The standard InChI is InChI=1S/C41H52ClN3O6/c1-26(25-51-36-12-19-44-35-8-3-5-27(2)37(35)36)21-30-22-29-9-10-33(50-20-13-28(11-18-43)38(46)47)24-34(29)40(30)14-16-41(17-15-40,39(48)49)45-32-7-4-6-31(42)23-32/h4,6-7,9-10,12,19,23-24,26-28,30,45H,3,5,8,11,13-18,20-22,25,43H2,1-2H3,(H,46,47)(H,48,49)/t26-,27-,28?,30+,40?,41?/m1/s1. The lowest BCUT2D eigenvalue weighted by Crippen LogP contribution is -2.53. The fraction of sp³-hybridized carbons (Fsp3) is 0.537. The average molecular weight is 718 g/mol. The van der Waals surface area contributed by atoms with Crippen LogP contribution in [0.3, 0.4) is 0 Å². The van der Waals surface area contributed by atoms with E-state index in [0.29, 0.717) is 80.0 Å². The summed E-state index contributed by atoms with van der Waals surface area (Å²) >= 11 is 6.27. The lowest BCUT2D eigenvalue weighted by atomic mass is 9.59. The molecule has 0 amide bonds. The zero-order chi connectivity index (χ0) is 36.2. The van der Waals surface area contributed by atoms with Crippen molar-refractivity contribution < 1.29 is 29.3 Å². The highest BCUT2D eigenvalue weighted by atomic mass is 35.5. The lowest BCUT2D eigenvalue weighted by Gasteiger charge is -2.47. The Morgan fingerprint density at radius 2 is 1.88 bits per heavy atom. The van der Waals surface area contributed by atoms with E-state index in [4.69, 9.17) is 26.8 Å². The summed E-state index contributed by atoms with van der Waals surface area (Å²) in [6, 6.07) is 15.5. The van der Waals surface area contributed by atoms with Gasteiger partial charge < -0.3 is 30.7 Å². The molecule has 1 spiro atoms. The van der Waals surface area contributed by atoms with E-state index in [1.165, 1.54) is 16.7 Å². The monoisotopic (exact) mass is 717 g/mol. The van der Waals surface area contributed by atoms with Gasteiger partial charge in [-0.05, 0) is 148 Å². The molecule has 6 rings (SSSR count). The summed E-state index contributed by atoms with van der Waals surface area (Å²) < 4.78 is 12.7. The number of aromatic nitrogens is 1. The van der Waals surface area contributed by atoms with Crippen LogP contribution in [0.2, 0.25) is 5.02 Å². The van der Waals surface area contributed by atoms with Crippen molar-refractivity contribution in [3.8, 4) is 11.5 Å². The van der Waals surface area contributed by atoms with Gasteiger partial charge in [-0.3, -0.25) is 9.78 Å². The molecule has 0 bridgehead atoms. The van der Waals surface area contributed by atoms with E-state index in [1.807, 2.05) is 30.5 Å². The van der Waals surface area contributed by atoms with E-state index in [9.17, 15) is 19.8 Å². The molecule has 0 saturated heterocycles. The van der Waals surface area contributed by atoms with E-state index >= 15 is 0 Å². The van der Waals surface area contributed by atoms with Gasteiger partial charge in [0.2, 0.25) is 0 Å². The minimum atomic E-state index is -1.11. The summed E-state index contributed by atoms with van der Waals surface area (Å²) in [6.07, 6.45) is 10.1. The number of anilines is 1. The molecule has 1 unspecified atom stereocenters. The number of nitrogens with one attached hydrogen (secondary N) is 1. The van der Waals surface area contributed by atoms with Crippen molar-refractivity contribution >= 4 is 29.2 Å². The van der Waals surface area contributed by atoms with Crippen molar-refractivity contribution in [1.29, 1.82) is 0 Å². The molecule has 1 saturated carbocycles. The van der Waals surface area contributed by atoms with Crippen LogP contribution in [-0.4, -0.2) is 52.4 Å². The number of carboxylic acid groups (broad SMARTS) is 2. The number of hydrogen-bond acceptors (Lipinski definition) is 7. The van der Waals surface area contributed by atoms with Crippen LogP contribution in [0.15, 0.2) is 54.7 Å².